The summed E-state index contributed by atoms with van der Waals surface area (Å²) in [7, 11) is 0. The summed E-state index contributed by atoms with van der Waals surface area (Å²) >= 11 is 5.68. The van der Waals surface area contributed by atoms with Crippen LogP contribution in [0.1, 0.15) is 30.9 Å². The van der Waals surface area contributed by atoms with Crippen molar-refractivity contribution in [3.8, 4) is 0 Å². The number of rotatable bonds is 3. The van der Waals surface area contributed by atoms with Crippen molar-refractivity contribution < 1.29 is 9.50 Å². The summed E-state index contributed by atoms with van der Waals surface area (Å²) in [6.07, 6.45) is 2.38. The van der Waals surface area contributed by atoms with E-state index >= 15 is 0 Å². The molecule has 0 bridgehead atoms. The number of nitrogens with two attached hydrogens (primary N) is 1. The van der Waals surface area contributed by atoms with Crippen molar-refractivity contribution in [2.75, 3.05) is 0 Å². The number of hydrogen-bond donors (Lipinski definition) is 2. The molecule has 0 saturated heterocycles. The third-order valence-corrected chi connectivity index (χ3v) is 3.63. The zero-order valence-electron chi connectivity index (χ0n) is 9.27. The van der Waals surface area contributed by atoms with Crippen LogP contribution in [-0.2, 0) is 0 Å². The monoisotopic (exact) mass is 279 g/mol. The predicted molar refractivity (Wildman–Crippen MR) is 68.9 cm³/mol. The molecular weight excluding hydrogens is 264 g/mol. The van der Waals surface area contributed by atoms with Crippen LogP contribution in [-0.4, -0.2) is 11.2 Å². The summed E-state index contributed by atoms with van der Waals surface area (Å²) in [5, 5.41) is 10.0. The Balaban J connectivity index is 0.00000144. The molecule has 0 aliphatic heterocycles. The summed E-state index contributed by atoms with van der Waals surface area (Å²) in [4.78, 5) is 0. The number of aliphatic hydroxyl groups is 1. The molecule has 1 aromatic rings. The molecule has 0 amide bonds. The van der Waals surface area contributed by atoms with Crippen LogP contribution in [0.25, 0.3) is 0 Å². The Morgan fingerprint density at radius 2 is 2.06 bits per heavy atom. The van der Waals surface area contributed by atoms with Crippen molar-refractivity contribution in [1.29, 1.82) is 0 Å². The van der Waals surface area contributed by atoms with Gasteiger partial charge in [0.25, 0.3) is 0 Å². The minimum absolute atomic E-state index is 0. The molecule has 96 valence electrons. The minimum atomic E-state index is -0.691. The van der Waals surface area contributed by atoms with Crippen LogP contribution in [0.15, 0.2) is 18.2 Å². The van der Waals surface area contributed by atoms with Gasteiger partial charge in [0, 0.05) is 5.56 Å². The van der Waals surface area contributed by atoms with E-state index in [0.717, 1.165) is 19.3 Å². The summed E-state index contributed by atoms with van der Waals surface area (Å²) in [6, 6.07) is 4.01. The first-order chi connectivity index (χ1) is 7.61. The molecule has 1 fully saturated rings. The number of aliphatic hydroxyl groups excluding tert-OH is 1. The summed E-state index contributed by atoms with van der Waals surface area (Å²) in [5.41, 5.74) is 6.17. The summed E-state index contributed by atoms with van der Waals surface area (Å²) < 4.78 is 13.7. The fourth-order valence-electron chi connectivity index (χ4n) is 2.04. The molecule has 2 rings (SSSR count). The molecule has 1 aliphatic rings. The van der Waals surface area contributed by atoms with Crippen molar-refractivity contribution in [2.24, 2.45) is 11.7 Å². The zero-order chi connectivity index (χ0) is 11.7. The summed E-state index contributed by atoms with van der Waals surface area (Å²) in [5.74, 6) is -0.316. The Kier molecular flexibility index (Phi) is 5.20. The van der Waals surface area contributed by atoms with E-state index in [1.807, 2.05) is 0 Å². The predicted octanol–water partition coefficient (Wildman–Crippen LogP) is 3.06. The van der Waals surface area contributed by atoms with Crippen LogP contribution >= 0.6 is 24.0 Å². The minimum Gasteiger partial charge on any atom is -0.391 e. The molecular formula is C12H16Cl2FNO. The van der Waals surface area contributed by atoms with Gasteiger partial charge in [-0.05, 0) is 24.8 Å². The molecule has 0 radical (unpaired) electrons. The fraction of sp³-hybridized carbons (Fsp3) is 0.500. The maximum absolute atomic E-state index is 13.7. The van der Waals surface area contributed by atoms with Gasteiger partial charge < -0.3 is 10.8 Å². The average Bonchev–Trinajstić information content (AvgIpc) is 2.18. The lowest BCUT2D eigenvalue weighted by molar-refractivity contribution is 0.0405. The van der Waals surface area contributed by atoms with E-state index in [4.69, 9.17) is 17.3 Å². The standard InChI is InChI=1S/C12H15ClFNO.ClH/c13-9-6-2-5-8(10(9)14)11(15)12(16)7-3-1-4-7;/h2,5-7,11-12,16H,1,3-4,15H2;1H/t11-,12+;/m1./s1. The van der Waals surface area contributed by atoms with Crippen molar-refractivity contribution in [3.05, 3.63) is 34.6 Å². The van der Waals surface area contributed by atoms with E-state index in [2.05, 4.69) is 0 Å². The van der Waals surface area contributed by atoms with Gasteiger partial charge in [-0.1, -0.05) is 30.2 Å². The van der Waals surface area contributed by atoms with Crippen molar-refractivity contribution in [1.82, 2.24) is 0 Å². The molecule has 1 aliphatic carbocycles. The van der Waals surface area contributed by atoms with E-state index in [0.29, 0.717) is 5.56 Å². The number of hydrogen-bond acceptors (Lipinski definition) is 2. The Morgan fingerprint density at radius 3 is 2.59 bits per heavy atom. The van der Waals surface area contributed by atoms with Crippen LogP contribution in [0.3, 0.4) is 0 Å². The highest BCUT2D eigenvalue weighted by Gasteiger charge is 2.32. The average molecular weight is 280 g/mol. The van der Waals surface area contributed by atoms with Crippen LogP contribution in [0.2, 0.25) is 5.02 Å². The molecule has 2 nitrogen and oxygen atoms in total. The second kappa shape index (κ2) is 6.01. The van der Waals surface area contributed by atoms with Crippen molar-refractivity contribution >= 4 is 24.0 Å². The van der Waals surface area contributed by atoms with Gasteiger partial charge >= 0.3 is 0 Å². The van der Waals surface area contributed by atoms with Gasteiger partial charge in [-0.25, -0.2) is 4.39 Å². The van der Waals surface area contributed by atoms with Crippen molar-refractivity contribution in [3.63, 3.8) is 0 Å². The quantitative estimate of drug-likeness (QED) is 0.893. The van der Waals surface area contributed by atoms with E-state index in [1.54, 1.807) is 12.1 Å². The Hall–Kier alpha value is -0.350. The third-order valence-electron chi connectivity index (χ3n) is 3.34. The van der Waals surface area contributed by atoms with E-state index in [9.17, 15) is 9.50 Å². The van der Waals surface area contributed by atoms with Gasteiger partial charge in [0.1, 0.15) is 5.82 Å². The van der Waals surface area contributed by atoms with Crippen molar-refractivity contribution in [2.45, 2.75) is 31.4 Å². The normalized spacial score (nSPS) is 19.1. The number of benzene rings is 1. The molecule has 5 heteroatoms. The fourth-order valence-corrected chi connectivity index (χ4v) is 2.22. The highest BCUT2D eigenvalue weighted by Crippen LogP contribution is 2.35. The maximum Gasteiger partial charge on any atom is 0.146 e. The first-order valence-corrected chi connectivity index (χ1v) is 5.86. The topological polar surface area (TPSA) is 46.2 Å². The molecule has 0 spiro atoms. The molecule has 3 N–H and O–H groups in total. The largest absolute Gasteiger partial charge is 0.391 e. The Bertz CT molecular complexity index is 385. The molecule has 0 heterocycles. The first kappa shape index (κ1) is 14.7. The summed E-state index contributed by atoms with van der Waals surface area (Å²) in [6.45, 7) is 0. The van der Waals surface area contributed by atoms with E-state index < -0.39 is 18.0 Å². The van der Waals surface area contributed by atoms with Gasteiger partial charge in [0.15, 0.2) is 0 Å². The van der Waals surface area contributed by atoms with Crippen LogP contribution in [0.5, 0.6) is 0 Å². The SMILES string of the molecule is Cl.N[C@H](c1cccc(Cl)c1F)[C@@H](O)C1CCC1. The molecule has 2 atom stereocenters. The van der Waals surface area contributed by atoms with Gasteiger partial charge in [-0.15, -0.1) is 12.4 Å². The first-order valence-electron chi connectivity index (χ1n) is 5.49. The van der Waals surface area contributed by atoms with Gasteiger partial charge in [-0.3, -0.25) is 0 Å². The third kappa shape index (κ3) is 2.91. The molecule has 17 heavy (non-hydrogen) atoms. The molecule has 1 aromatic carbocycles. The highest BCUT2D eigenvalue weighted by molar-refractivity contribution is 6.30. The Labute approximate surface area is 111 Å². The molecule has 0 aromatic heterocycles. The van der Waals surface area contributed by atoms with Crippen LogP contribution in [0, 0.1) is 11.7 Å². The second-order valence-corrected chi connectivity index (χ2v) is 4.76. The van der Waals surface area contributed by atoms with Crippen LogP contribution in [0.4, 0.5) is 4.39 Å². The van der Waals surface area contributed by atoms with Gasteiger partial charge in [0.2, 0.25) is 0 Å². The van der Waals surface area contributed by atoms with E-state index in [-0.39, 0.29) is 23.3 Å². The maximum atomic E-state index is 13.7. The van der Waals surface area contributed by atoms with Gasteiger partial charge in [-0.2, -0.15) is 0 Å². The Morgan fingerprint density at radius 1 is 1.41 bits per heavy atom. The lowest BCUT2D eigenvalue weighted by atomic mass is 9.77. The lowest BCUT2D eigenvalue weighted by Crippen LogP contribution is -2.36. The molecule has 1 saturated carbocycles. The smallest absolute Gasteiger partial charge is 0.146 e. The highest BCUT2D eigenvalue weighted by atomic mass is 35.5. The molecule has 0 unspecified atom stereocenters. The number of halogens is 3. The van der Waals surface area contributed by atoms with Crippen LogP contribution < -0.4 is 5.73 Å². The zero-order valence-corrected chi connectivity index (χ0v) is 10.8. The van der Waals surface area contributed by atoms with Gasteiger partial charge in [0.05, 0.1) is 17.2 Å². The second-order valence-electron chi connectivity index (χ2n) is 4.35. The van der Waals surface area contributed by atoms with E-state index in [1.165, 1.54) is 6.07 Å². The lowest BCUT2D eigenvalue weighted by Gasteiger charge is -2.33.